The first-order valence-corrected chi connectivity index (χ1v) is 6.74. The molecule has 0 amide bonds. The van der Waals surface area contributed by atoms with Crippen LogP contribution in [0.2, 0.25) is 0 Å². The first-order valence-electron chi connectivity index (χ1n) is 6.74. The standard InChI is InChI=1S/C15H22N2O2/c1-3-10-19-14-7-5-6-13(11-14)15(12-16)17(4-2)8-9-18/h5-7,11,15,18H,3-4,8-10H2,1-2H3. The van der Waals surface area contributed by atoms with E-state index in [4.69, 9.17) is 9.84 Å². The van der Waals surface area contributed by atoms with Gasteiger partial charge in [0.1, 0.15) is 11.8 Å². The Balaban J connectivity index is 2.88. The lowest BCUT2D eigenvalue weighted by molar-refractivity contribution is 0.180. The molecule has 1 rings (SSSR count). The van der Waals surface area contributed by atoms with Crippen molar-refractivity contribution in [3.63, 3.8) is 0 Å². The predicted octanol–water partition coefficient (Wildman–Crippen LogP) is 2.35. The summed E-state index contributed by atoms with van der Waals surface area (Å²) in [5.41, 5.74) is 0.909. The molecule has 0 spiro atoms. The van der Waals surface area contributed by atoms with Gasteiger partial charge in [0, 0.05) is 6.54 Å². The van der Waals surface area contributed by atoms with Crippen molar-refractivity contribution >= 4 is 0 Å². The predicted molar refractivity (Wildman–Crippen MR) is 74.9 cm³/mol. The van der Waals surface area contributed by atoms with Gasteiger partial charge in [-0.15, -0.1) is 0 Å². The molecule has 0 aliphatic rings. The van der Waals surface area contributed by atoms with Crippen LogP contribution in [0, 0.1) is 11.3 Å². The topological polar surface area (TPSA) is 56.5 Å². The van der Waals surface area contributed by atoms with Crippen LogP contribution in [0.25, 0.3) is 0 Å². The van der Waals surface area contributed by atoms with Gasteiger partial charge in [-0.1, -0.05) is 26.0 Å². The second-order valence-corrected chi connectivity index (χ2v) is 4.30. The maximum Gasteiger partial charge on any atom is 0.124 e. The molecule has 0 heterocycles. The van der Waals surface area contributed by atoms with E-state index < -0.39 is 0 Å². The molecule has 0 radical (unpaired) electrons. The number of benzene rings is 1. The summed E-state index contributed by atoms with van der Waals surface area (Å²) in [4.78, 5) is 1.94. The van der Waals surface area contributed by atoms with E-state index in [9.17, 15) is 5.26 Å². The van der Waals surface area contributed by atoms with E-state index in [0.29, 0.717) is 13.2 Å². The van der Waals surface area contributed by atoms with E-state index in [0.717, 1.165) is 24.3 Å². The van der Waals surface area contributed by atoms with Crippen molar-refractivity contribution < 1.29 is 9.84 Å². The maximum absolute atomic E-state index is 9.36. The molecule has 1 atom stereocenters. The molecule has 0 aromatic heterocycles. The van der Waals surface area contributed by atoms with Gasteiger partial charge in [-0.3, -0.25) is 4.90 Å². The van der Waals surface area contributed by atoms with Crippen molar-refractivity contribution in [1.29, 1.82) is 5.26 Å². The molecule has 4 heteroatoms. The smallest absolute Gasteiger partial charge is 0.124 e. The second kappa shape index (κ2) is 8.52. The molecule has 104 valence electrons. The van der Waals surface area contributed by atoms with Crippen LogP contribution in [0.3, 0.4) is 0 Å². The summed E-state index contributed by atoms with van der Waals surface area (Å²) in [6.07, 6.45) is 0.956. The molecular formula is C15H22N2O2. The quantitative estimate of drug-likeness (QED) is 0.781. The van der Waals surface area contributed by atoms with Crippen LogP contribution in [-0.4, -0.2) is 36.3 Å². The summed E-state index contributed by atoms with van der Waals surface area (Å²) in [7, 11) is 0. The van der Waals surface area contributed by atoms with Gasteiger partial charge in [-0.05, 0) is 30.7 Å². The Morgan fingerprint density at radius 2 is 2.21 bits per heavy atom. The molecule has 1 aromatic rings. The molecule has 0 fully saturated rings. The number of hydrogen-bond acceptors (Lipinski definition) is 4. The van der Waals surface area contributed by atoms with Crippen LogP contribution in [-0.2, 0) is 0 Å². The van der Waals surface area contributed by atoms with Crippen LogP contribution >= 0.6 is 0 Å². The Morgan fingerprint density at radius 1 is 1.42 bits per heavy atom. The van der Waals surface area contributed by atoms with Gasteiger partial charge in [-0.2, -0.15) is 5.26 Å². The van der Waals surface area contributed by atoms with Crippen LogP contribution in [0.1, 0.15) is 31.9 Å². The fraction of sp³-hybridized carbons (Fsp3) is 0.533. The highest BCUT2D eigenvalue weighted by atomic mass is 16.5. The minimum atomic E-state index is -0.345. The van der Waals surface area contributed by atoms with E-state index >= 15 is 0 Å². The number of ether oxygens (including phenoxy) is 1. The molecule has 1 N–H and O–H groups in total. The van der Waals surface area contributed by atoms with Crippen molar-refractivity contribution in [3.05, 3.63) is 29.8 Å². The number of nitrogens with zero attached hydrogens (tertiary/aromatic N) is 2. The number of nitriles is 1. The van der Waals surface area contributed by atoms with Crippen LogP contribution in [0.4, 0.5) is 0 Å². The lowest BCUT2D eigenvalue weighted by Crippen LogP contribution is -2.30. The molecule has 0 saturated heterocycles. The molecule has 19 heavy (non-hydrogen) atoms. The van der Waals surface area contributed by atoms with E-state index in [1.54, 1.807) is 0 Å². The molecule has 0 saturated carbocycles. The Morgan fingerprint density at radius 3 is 2.79 bits per heavy atom. The molecule has 0 bridgehead atoms. The molecular weight excluding hydrogens is 240 g/mol. The Labute approximate surface area is 115 Å². The Hall–Kier alpha value is -1.57. The molecule has 1 unspecified atom stereocenters. The summed E-state index contributed by atoms with van der Waals surface area (Å²) < 4.78 is 5.59. The Bertz CT molecular complexity index is 415. The first-order chi connectivity index (χ1) is 9.26. The van der Waals surface area contributed by atoms with Crippen molar-refractivity contribution in [2.75, 3.05) is 26.3 Å². The van der Waals surface area contributed by atoms with Crippen molar-refractivity contribution in [3.8, 4) is 11.8 Å². The van der Waals surface area contributed by atoms with Gasteiger partial charge >= 0.3 is 0 Å². The monoisotopic (exact) mass is 262 g/mol. The SMILES string of the molecule is CCCOc1cccc(C(C#N)N(CC)CCO)c1. The van der Waals surface area contributed by atoms with E-state index in [2.05, 4.69) is 13.0 Å². The lowest BCUT2D eigenvalue weighted by atomic mass is 10.1. The average Bonchev–Trinajstić information content (AvgIpc) is 2.45. The van der Waals surface area contributed by atoms with Gasteiger partial charge in [0.05, 0.1) is 19.3 Å². The van der Waals surface area contributed by atoms with Crippen LogP contribution < -0.4 is 4.74 Å². The third-order valence-corrected chi connectivity index (χ3v) is 2.93. The fourth-order valence-electron chi connectivity index (χ4n) is 1.96. The lowest BCUT2D eigenvalue weighted by Gasteiger charge is -2.25. The third-order valence-electron chi connectivity index (χ3n) is 2.93. The minimum absolute atomic E-state index is 0.0536. The highest BCUT2D eigenvalue weighted by molar-refractivity contribution is 5.33. The number of aliphatic hydroxyl groups excluding tert-OH is 1. The largest absolute Gasteiger partial charge is 0.494 e. The average molecular weight is 262 g/mol. The molecule has 0 aliphatic heterocycles. The maximum atomic E-state index is 9.36. The highest BCUT2D eigenvalue weighted by Gasteiger charge is 2.18. The zero-order chi connectivity index (χ0) is 14.1. The van der Waals surface area contributed by atoms with Gasteiger partial charge in [-0.25, -0.2) is 0 Å². The summed E-state index contributed by atoms with van der Waals surface area (Å²) >= 11 is 0. The third kappa shape index (κ3) is 4.55. The minimum Gasteiger partial charge on any atom is -0.494 e. The summed E-state index contributed by atoms with van der Waals surface area (Å²) in [6.45, 7) is 5.99. The zero-order valence-corrected chi connectivity index (χ0v) is 11.7. The molecule has 4 nitrogen and oxygen atoms in total. The van der Waals surface area contributed by atoms with Crippen molar-refractivity contribution in [2.24, 2.45) is 0 Å². The zero-order valence-electron chi connectivity index (χ0n) is 11.7. The van der Waals surface area contributed by atoms with Crippen LogP contribution in [0.5, 0.6) is 5.75 Å². The van der Waals surface area contributed by atoms with E-state index in [1.165, 1.54) is 0 Å². The highest BCUT2D eigenvalue weighted by Crippen LogP contribution is 2.23. The number of aliphatic hydroxyl groups is 1. The molecule has 0 aliphatic carbocycles. The fourth-order valence-corrected chi connectivity index (χ4v) is 1.96. The van der Waals surface area contributed by atoms with Gasteiger partial charge in [0.15, 0.2) is 0 Å². The van der Waals surface area contributed by atoms with Gasteiger partial charge in [0.25, 0.3) is 0 Å². The Kier molecular flexibility index (Phi) is 6.94. The number of hydrogen-bond donors (Lipinski definition) is 1. The summed E-state index contributed by atoms with van der Waals surface area (Å²) in [5.74, 6) is 0.791. The van der Waals surface area contributed by atoms with Crippen molar-refractivity contribution in [2.45, 2.75) is 26.3 Å². The second-order valence-electron chi connectivity index (χ2n) is 4.30. The number of likely N-dealkylation sites (N-methyl/N-ethyl adjacent to an activating group) is 1. The summed E-state index contributed by atoms with van der Waals surface area (Å²) in [5, 5.41) is 18.4. The van der Waals surface area contributed by atoms with Crippen molar-refractivity contribution in [1.82, 2.24) is 4.90 Å². The first kappa shape index (κ1) is 15.5. The molecule has 1 aromatic carbocycles. The normalized spacial score (nSPS) is 12.2. The van der Waals surface area contributed by atoms with Gasteiger partial charge in [0.2, 0.25) is 0 Å². The van der Waals surface area contributed by atoms with Gasteiger partial charge < -0.3 is 9.84 Å². The number of rotatable bonds is 8. The van der Waals surface area contributed by atoms with E-state index in [1.807, 2.05) is 36.1 Å². The summed E-state index contributed by atoms with van der Waals surface area (Å²) in [6, 6.07) is 9.58. The van der Waals surface area contributed by atoms with Crippen LogP contribution in [0.15, 0.2) is 24.3 Å². The van der Waals surface area contributed by atoms with E-state index in [-0.39, 0.29) is 12.6 Å².